The minimum absolute atomic E-state index is 0.638. The molecular formula is C9H19S+. The van der Waals surface area contributed by atoms with E-state index < -0.39 is 0 Å². The first-order valence-corrected chi connectivity index (χ1v) is 5.99. The summed E-state index contributed by atoms with van der Waals surface area (Å²) in [6.07, 6.45) is 5.30. The molecule has 0 N–H and O–H groups in total. The van der Waals surface area contributed by atoms with E-state index in [4.69, 9.17) is 0 Å². The molecule has 0 spiro atoms. The van der Waals surface area contributed by atoms with Crippen molar-refractivity contribution < 1.29 is 0 Å². The summed E-state index contributed by atoms with van der Waals surface area (Å²) in [6, 6.07) is 0. The smallest absolute Gasteiger partial charge is 0.0595 e. The molecule has 1 heterocycles. The van der Waals surface area contributed by atoms with Crippen LogP contribution in [0, 0.1) is 5.41 Å². The molecule has 1 heteroatoms. The van der Waals surface area contributed by atoms with Gasteiger partial charge in [-0.15, -0.1) is 0 Å². The third kappa shape index (κ3) is 1.91. The molecule has 0 nitrogen and oxygen atoms in total. The van der Waals surface area contributed by atoms with Gasteiger partial charge < -0.3 is 0 Å². The van der Waals surface area contributed by atoms with Crippen molar-refractivity contribution in [2.24, 2.45) is 5.41 Å². The van der Waals surface area contributed by atoms with E-state index in [1.807, 2.05) is 0 Å². The molecule has 0 aromatic carbocycles. The Morgan fingerprint density at radius 2 is 2.00 bits per heavy atom. The van der Waals surface area contributed by atoms with E-state index in [1.165, 1.54) is 18.6 Å². The molecule has 0 aliphatic carbocycles. The summed E-state index contributed by atoms with van der Waals surface area (Å²) in [4.78, 5) is 0. The Kier molecular flexibility index (Phi) is 2.34. The summed E-state index contributed by atoms with van der Waals surface area (Å²) < 4.78 is 0. The van der Waals surface area contributed by atoms with Crippen LogP contribution >= 0.6 is 0 Å². The van der Waals surface area contributed by atoms with E-state index in [9.17, 15) is 0 Å². The van der Waals surface area contributed by atoms with Crippen LogP contribution in [-0.4, -0.2) is 17.3 Å². The van der Waals surface area contributed by atoms with Crippen LogP contribution in [0.25, 0.3) is 0 Å². The van der Waals surface area contributed by atoms with Gasteiger partial charge in [-0.3, -0.25) is 0 Å². The minimum atomic E-state index is 0.638. The van der Waals surface area contributed by atoms with E-state index in [-0.39, 0.29) is 0 Å². The van der Waals surface area contributed by atoms with Crippen LogP contribution in [0.2, 0.25) is 0 Å². The average Bonchev–Trinajstić information content (AvgIpc) is 1.79. The minimum Gasteiger partial charge on any atom is -0.0595 e. The van der Waals surface area contributed by atoms with Crippen molar-refractivity contribution in [3.63, 3.8) is 0 Å². The second-order valence-electron chi connectivity index (χ2n) is 4.32. The van der Waals surface area contributed by atoms with Gasteiger partial charge in [0, 0.05) is 0 Å². The molecule has 0 aromatic heterocycles. The topological polar surface area (TPSA) is 0 Å². The van der Waals surface area contributed by atoms with Crippen molar-refractivity contribution >= 4 is 10.9 Å². The van der Waals surface area contributed by atoms with Gasteiger partial charge in [-0.25, -0.2) is 0 Å². The molecule has 0 radical (unpaired) electrons. The molecule has 10 heavy (non-hydrogen) atoms. The lowest BCUT2D eigenvalue weighted by atomic mass is 9.85. The fourth-order valence-corrected chi connectivity index (χ4v) is 3.67. The maximum atomic E-state index is 2.42. The van der Waals surface area contributed by atoms with Crippen molar-refractivity contribution in [1.82, 2.24) is 0 Å². The van der Waals surface area contributed by atoms with Crippen molar-refractivity contribution in [2.75, 3.05) is 12.0 Å². The Labute approximate surface area is 67.7 Å². The summed E-state index contributed by atoms with van der Waals surface area (Å²) in [5, 5.41) is 0.976. The fourth-order valence-electron chi connectivity index (χ4n) is 1.66. The molecule has 0 amide bonds. The van der Waals surface area contributed by atoms with Gasteiger partial charge in [0.1, 0.15) is 11.0 Å². The third-order valence-corrected chi connectivity index (χ3v) is 5.02. The van der Waals surface area contributed by atoms with Gasteiger partial charge in [0.25, 0.3) is 0 Å². The highest BCUT2D eigenvalue weighted by molar-refractivity contribution is 7.96. The molecule has 2 atom stereocenters. The first-order chi connectivity index (χ1) is 4.51. The third-order valence-electron chi connectivity index (χ3n) is 2.63. The maximum absolute atomic E-state index is 2.42. The average molecular weight is 159 g/mol. The standard InChI is InChI=1S/C9H19S/c1-8-7-9(2,3)5-6-10(8)4/h8H,5-7H2,1-4H3/q+1. The predicted octanol–water partition coefficient (Wildman–Crippen LogP) is 2.44. The van der Waals surface area contributed by atoms with Gasteiger partial charge in [-0.2, -0.15) is 0 Å². The van der Waals surface area contributed by atoms with Gasteiger partial charge >= 0.3 is 0 Å². The van der Waals surface area contributed by atoms with Crippen LogP contribution in [0.1, 0.15) is 33.6 Å². The predicted molar refractivity (Wildman–Crippen MR) is 50.6 cm³/mol. The molecule has 0 saturated carbocycles. The number of hydrogen-bond acceptors (Lipinski definition) is 0. The lowest BCUT2D eigenvalue weighted by Crippen LogP contribution is -2.34. The van der Waals surface area contributed by atoms with Gasteiger partial charge in [-0.05, 0) is 36.1 Å². The zero-order valence-electron chi connectivity index (χ0n) is 7.61. The first kappa shape index (κ1) is 8.45. The van der Waals surface area contributed by atoms with E-state index in [1.54, 1.807) is 0 Å². The zero-order chi connectivity index (χ0) is 7.78. The van der Waals surface area contributed by atoms with Gasteiger partial charge in [-0.1, -0.05) is 13.8 Å². The molecular weight excluding hydrogens is 140 g/mol. The van der Waals surface area contributed by atoms with E-state index in [0.29, 0.717) is 5.41 Å². The Hall–Kier alpha value is 0.350. The van der Waals surface area contributed by atoms with E-state index in [2.05, 4.69) is 27.0 Å². The van der Waals surface area contributed by atoms with Crippen LogP contribution in [0.4, 0.5) is 0 Å². The zero-order valence-corrected chi connectivity index (χ0v) is 8.42. The molecule has 1 aliphatic heterocycles. The molecule has 0 aromatic rings. The number of hydrogen-bond donors (Lipinski definition) is 0. The maximum Gasteiger partial charge on any atom is 0.115 e. The lowest BCUT2D eigenvalue weighted by molar-refractivity contribution is 0.313. The fraction of sp³-hybridized carbons (Fsp3) is 1.00. The molecule has 1 fully saturated rings. The van der Waals surface area contributed by atoms with Crippen LogP contribution in [0.3, 0.4) is 0 Å². The van der Waals surface area contributed by atoms with Crippen LogP contribution in [-0.2, 0) is 10.9 Å². The second kappa shape index (κ2) is 2.77. The highest BCUT2D eigenvalue weighted by atomic mass is 32.2. The van der Waals surface area contributed by atoms with Crippen LogP contribution < -0.4 is 0 Å². The molecule has 0 bridgehead atoms. The van der Waals surface area contributed by atoms with Gasteiger partial charge in [0.05, 0.1) is 6.26 Å². The highest BCUT2D eigenvalue weighted by Crippen LogP contribution is 2.34. The Balaban J connectivity index is 2.49. The van der Waals surface area contributed by atoms with Gasteiger partial charge in [0.2, 0.25) is 0 Å². The lowest BCUT2D eigenvalue weighted by Gasteiger charge is -2.31. The largest absolute Gasteiger partial charge is 0.115 e. The summed E-state index contributed by atoms with van der Waals surface area (Å²) in [6.45, 7) is 7.21. The summed E-state index contributed by atoms with van der Waals surface area (Å²) in [5.74, 6) is 1.47. The summed E-state index contributed by atoms with van der Waals surface area (Å²) in [5.41, 5.74) is 0.638. The van der Waals surface area contributed by atoms with Gasteiger partial charge in [0.15, 0.2) is 0 Å². The van der Waals surface area contributed by atoms with Crippen molar-refractivity contribution in [3.8, 4) is 0 Å². The second-order valence-corrected chi connectivity index (χ2v) is 6.92. The van der Waals surface area contributed by atoms with Crippen molar-refractivity contribution in [2.45, 2.75) is 38.9 Å². The first-order valence-electron chi connectivity index (χ1n) is 4.13. The van der Waals surface area contributed by atoms with E-state index >= 15 is 0 Å². The molecule has 2 unspecified atom stereocenters. The normalized spacial score (nSPS) is 39.6. The molecule has 1 aliphatic rings. The quantitative estimate of drug-likeness (QED) is 0.476. The number of rotatable bonds is 0. The molecule has 1 rings (SSSR count). The SMILES string of the molecule is CC1CC(C)(C)CC[S+]1C. The van der Waals surface area contributed by atoms with Crippen LogP contribution in [0.5, 0.6) is 0 Å². The summed E-state index contributed by atoms with van der Waals surface area (Å²) >= 11 is 0. The molecule has 60 valence electrons. The Bertz CT molecular complexity index is 118. The Morgan fingerprint density at radius 3 is 2.40 bits per heavy atom. The summed E-state index contributed by atoms with van der Waals surface area (Å²) in [7, 11) is 0.718. The highest BCUT2D eigenvalue weighted by Gasteiger charge is 2.35. The van der Waals surface area contributed by atoms with Crippen molar-refractivity contribution in [3.05, 3.63) is 0 Å². The molecule has 1 saturated heterocycles. The monoisotopic (exact) mass is 159 g/mol. The van der Waals surface area contributed by atoms with E-state index in [0.717, 1.165) is 16.1 Å². The van der Waals surface area contributed by atoms with Crippen LogP contribution in [0.15, 0.2) is 0 Å². The Morgan fingerprint density at radius 1 is 1.40 bits per heavy atom. The van der Waals surface area contributed by atoms with Crippen molar-refractivity contribution in [1.29, 1.82) is 0 Å².